The van der Waals surface area contributed by atoms with E-state index >= 15 is 0 Å². The zero-order chi connectivity index (χ0) is 23.5. The van der Waals surface area contributed by atoms with Crippen molar-refractivity contribution in [1.29, 1.82) is 0 Å². The van der Waals surface area contributed by atoms with Crippen molar-refractivity contribution >= 4 is 23.4 Å². The molecule has 0 heterocycles. The molecular weight excluding hydrogens is 428 g/mol. The van der Waals surface area contributed by atoms with Crippen LogP contribution in [0, 0.1) is 0 Å². The van der Waals surface area contributed by atoms with Crippen LogP contribution >= 0.6 is 11.6 Å². The Morgan fingerprint density at radius 2 is 1.66 bits per heavy atom. The lowest BCUT2D eigenvalue weighted by Crippen LogP contribution is -2.49. The van der Waals surface area contributed by atoms with Crippen molar-refractivity contribution in [3.8, 4) is 11.5 Å². The average molecular weight is 461 g/mol. The third-order valence-electron chi connectivity index (χ3n) is 5.28. The summed E-state index contributed by atoms with van der Waals surface area (Å²) in [6, 6.07) is 12.4. The first-order valence-electron chi connectivity index (χ1n) is 11.0. The van der Waals surface area contributed by atoms with Crippen LogP contribution in [0.4, 0.5) is 0 Å². The Kier molecular flexibility index (Phi) is 10.3. The molecule has 2 rings (SSSR count). The van der Waals surface area contributed by atoms with Crippen molar-refractivity contribution in [2.45, 2.75) is 52.1 Å². The standard InChI is InChI=1S/C25H33ClN2O4/c1-5-15-27-25(30)21(6-2)28(17-19-7-11-20(26)12-8-19)24(29)14-10-18-9-13-22(31-3)23(16-18)32-4/h7-9,11-13,16,21H,5-6,10,14-15,17H2,1-4H3,(H,27,30)/t21-/m1/s1. The second kappa shape index (κ2) is 13.0. The Morgan fingerprint density at radius 3 is 2.25 bits per heavy atom. The molecule has 0 aromatic heterocycles. The van der Waals surface area contributed by atoms with E-state index in [2.05, 4.69) is 5.32 Å². The van der Waals surface area contributed by atoms with Gasteiger partial charge in [-0.3, -0.25) is 9.59 Å². The van der Waals surface area contributed by atoms with Crippen molar-refractivity contribution in [3.05, 3.63) is 58.6 Å². The first-order chi connectivity index (χ1) is 15.4. The lowest BCUT2D eigenvalue weighted by molar-refractivity contribution is -0.141. The highest BCUT2D eigenvalue weighted by Crippen LogP contribution is 2.28. The van der Waals surface area contributed by atoms with Gasteiger partial charge in [-0.2, -0.15) is 0 Å². The number of amides is 2. The fourth-order valence-corrected chi connectivity index (χ4v) is 3.63. The van der Waals surface area contributed by atoms with E-state index in [1.165, 1.54) is 0 Å². The zero-order valence-electron chi connectivity index (χ0n) is 19.3. The Hall–Kier alpha value is -2.73. The van der Waals surface area contributed by atoms with Crippen LogP contribution in [0.1, 0.15) is 44.2 Å². The molecule has 0 unspecified atom stereocenters. The van der Waals surface area contributed by atoms with E-state index in [-0.39, 0.29) is 18.2 Å². The minimum Gasteiger partial charge on any atom is -0.493 e. The first kappa shape index (κ1) is 25.5. The molecule has 2 aromatic rings. The molecule has 0 spiro atoms. The molecule has 32 heavy (non-hydrogen) atoms. The van der Waals surface area contributed by atoms with Crippen LogP contribution in [0.2, 0.25) is 5.02 Å². The average Bonchev–Trinajstić information content (AvgIpc) is 2.81. The Balaban J connectivity index is 2.20. The van der Waals surface area contributed by atoms with Gasteiger partial charge < -0.3 is 19.7 Å². The topological polar surface area (TPSA) is 67.9 Å². The largest absolute Gasteiger partial charge is 0.493 e. The van der Waals surface area contributed by atoms with Gasteiger partial charge in [0.25, 0.3) is 0 Å². The molecule has 0 aliphatic rings. The third kappa shape index (κ3) is 7.16. The van der Waals surface area contributed by atoms with E-state index in [0.29, 0.717) is 42.5 Å². The SMILES string of the molecule is CCCNC(=O)[C@@H](CC)N(Cc1ccc(Cl)cc1)C(=O)CCc1ccc(OC)c(OC)c1. The molecule has 0 aliphatic heterocycles. The lowest BCUT2D eigenvalue weighted by Gasteiger charge is -2.31. The summed E-state index contributed by atoms with van der Waals surface area (Å²) in [6.45, 7) is 4.86. The van der Waals surface area contributed by atoms with Gasteiger partial charge in [-0.15, -0.1) is 0 Å². The van der Waals surface area contributed by atoms with Crippen molar-refractivity contribution < 1.29 is 19.1 Å². The van der Waals surface area contributed by atoms with Crippen LogP contribution < -0.4 is 14.8 Å². The molecule has 174 valence electrons. The molecule has 1 N–H and O–H groups in total. The second-order valence-electron chi connectivity index (χ2n) is 7.55. The smallest absolute Gasteiger partial charge is 0.242 e. The molecule has 2 aromatic carbocycles. The van der Waals surface area contributed by atoms with Gasteiger partial charge >= 0.3 is 0 Å². The monoisotopic (exact) mass is 460 g/mol. The van der Waals surface area contributed by atoms with Crippen LogP contribution in [-0.4, -0.2) is 43.5 Å². The fourth-order valence-electron chi connectivity index (χ4n) is 3.50. The van der Waals surface area contributed by atoms with Gasteiger partial charge in [0.1, 0.15) is 6.04 Å². The van der Waals surface area contributed by atoms with Crippen LogP contribution in [0.15, 0.2) is 42.5 Å². The number of ether oxygens (including phenoxy) is 2. The summed E-state index contributed by atoms with van der Waals surface area (Å²) < 4.78 is 10.6. The maximum atomic E-state index is 13.3. The molecule has 0 bridgehead atoms. The molecule has 1 atom stereocenters. The van der Waals surface area contributed by atoms with Gasteiger partial charge in [0.2, 0.25) is 11.8 Å². The Morgan fingerprint density at radius 1 is 1.00 bits per heavy atom. The third-order valence-corrected chi connectivity index (χ3v) is 5.53. The molecule has 0 saturated carbocycles. The van der Waals surface area contributed by atoms with Gasteiger partial charge in [0.05, 0.1) is 14.2 Å². The number of hydrogen-bond acceptors (Lipinski definition) is 4. The summed E-state index contributed by atoms with van der Waals surface area (Å²) in [4.78, 5) is 27.8. The fraction of sp³-hybridized carbons (Fsp3) is 0.440. The maximum Gasteiger partial charge on any atom is 0.242 e. The van der Waals surface area contributed by atoms with E-state index < -0.39 is 6.04 Å². The normalized spacial score (nSPS) is 11.5. The predicted molar refractivity (Wildman–Crippen MR) is 127 cm³/mol. The van der Waals surface area contributed by atoms with Gasteiger partial charge in [-0.1, -0.05) is 43.6 Å². The highest BCUT2D eigenvalue weighted by molar-refractivity contribution is 6.30. The summed E-state index contributed by atoms with van der Waals surface area (Å²) >= 11 is 6.01. The highest BCUT2D eigenvalue weighted by Gasteiger charge is 2.28. The van der Waals surface area contributed by atoms with E-state index in [4.69, 9.17) is 21.1 Å². The summed E-state index contributed by atoms with van der Waals surface area (Å²) in [6.07, 6.45) is 2.18. The molecule has 0 radical (unpaired) electrons. The summed E-state index contributed by atoms with van der Waals surface area (Å²) in [5, 5.41) is 3.56. The number of carbonyl (C=O) groups is 2. The number of carbonyl (C=O) groups excluding carboxylic acids is 2. The van der Waals surface area contributed by atoms with Gasteiger partial charge in [-0.05, 0) is 54.7 Å². The molecular formula is C25H33ClN2O4. The highest BCUT2D eigenvalue weighted by atomic mass is 35.5. The van der Waals surface area contributed by atoms with Crippen LogP contribution in [-0.2, 0) is 22.6 Å². The van der Waals surface area contributed by atoms with E-state index in [0.717, 1.165) is 17.5 Å². The van der Waals surface area contributed by atoms with Crippen molar-refractivity contribution in [2.24, 2.45) is 0 Å². The number of nitrogens with one attached hydrogen (secondary N) is 1. The van der Waals surface area contributed by atoms with E-state index in [1.54, 1.807) is 31.3 Å². The molecule has 7 heteroatoms. The summed E-state index contributed by atoms with van der Waals surface area (Å²) in [7, 11) is 3.17. The minimum absolute atomic E-state index is 0.0757. The van der Waals surface area contributed by atoms with Gasteiger partial charge in [-0.25, -0.2) is 0 Å². The molecule has 0 fully saturated rings. The number of halogens is 1. The first-order valence-corrected chi connectivity index (χ1v) is 11.3. The zero-order valence-corrected chi connectivity index (χ0v) is 20.1. The van der Waals surface area contributed by atoms with Crippen molar-refractivity contribution in [3.63, 3.8) is 0 Å². The summed E-state index contributed by atoms with van der Waals surface area (Å²) in [5.74, 6) is 1.07. The van der Waals surface area contributed by atoms with Crippen LogP contribution in [0.25, 0.3) is 0 Å². The van der Waals surface area contributed by atoms with E-state index in [1.807, 2.05) is 44.2 Å². The number of rotatable bonds is 12. The Labute approximate surface area is 195 Å². The Bertz CT molecular complexity index is 886. The molecule has 6 nitrogen and oxygen atoms in total. The lowest BCUT2D eigenvalue weighted by atomic mass is 10.1. The van der Waals surface area contributed by atoms with Crippen LogP contribution in [0.3, 0.4) is 0 Å². The van der Waals surface area contributed by atoms with E-state index in [9.17, 15) is 9.59 Å². The quantitative estimate of drug-likeness (QED) is 0.501. The minimum atomic E-state index is -0.532. The van der Waals surface area contributed by atoms with Gasteiger partial charge in [0, 0.05) is 24.5 Å². The second-order valence-corrected chi connectivity index (χ2v) is 7.99. The van der Waals surface area contributed by atoms with Gasteiger partial charge in [0.15, 0.2) is 11.5 Å². The van der Waals surface area contributed by atoms with Crippen molar-refractivity contribution in [1.82, 2.24) is 10.2 Å². The molecule has 0 aliphatic carbocycles. The number of benzene rings is 2. The molecule has 0 saturated heterocycles. The maximum absolute atomic E-state index is 13.3. The summed E-state index contributed by atoms with van der Waals surface area (Å²) in [5.41, 5.74) is 1.89. The molecule has 2 amide bonds. The number of methoxy groups -OCH3 is 2. The number of aryl methyl sites for hydroxylation is 1. The number of nitrogens with zero attached hydrogens (tertiary/aromatic N) is 1. The van der Waals surface area contributed by atoms with Crippen LogP contribution in [0.5, 0.6) is 11.5 Å². The number of hydrogen-bond donors (Lipinski definition) is 1. The predicted octanol–water partition coefficient (Wildman–Crippen LogP) is 4.62. The van der Waals surface area contributed by atoms with Crippen molar-refractivity contribution in [2.75, 3.05) is 20.8 Å².